The van der Waals surface area contributed by atoms with Crippen molar-refractivity contribution in [1.29, 1.82) is 0 Å². The Kier molecular flexibility index (Phi) is 6.49. The summed E-state index contributed by atoms with van der Waals surface area (Å²) in [5.74, 6) is 1.18. The van der Waals surface area contributed by atoms with Crippen molar-refractivity contribution < 1.29 is 14.3 Å². The molecule has 0 aliphatic heterocycles. The molecule has 24 heavy (non-hydrogen) atoms. The number of hydrogen-bond acceptors (Lipinski definition) is 4. The number of nitrogens with one attached hydrogen (secondary N) is 2. The maximum absolute atomic E-state index is 12.2. The number of ether oxygens (including phenoxy) is 2. The van der Waals surface area contributed by atoms with Gasteiger partial charge in [0.05, 0.1) is 25.4 Å². The predicted molar refractivity (Wildman–Crippen MR) is 97.1 cm³/mol. The second-order valence-corrected chi connectivity index (χ2v) is 5.30. The minimum atomic E-state index is -0.147. The van der Waals surface area contributed by atoms with Gasteiger partial charge in [-0.15, -0.1) is 0 Å². The molecule has 0 bridgehead atoms. The van der Waals surface area contributed by atoms with E-state index in [1.165, 1.54) is 0 Å². The van der Waals surface area contributed by atoms with Crippen LogP contribution in [0, 0.1) is 6.92 Å². The average Bonchev–Trinajstić information content (AvgIpc) is 2.56. The smallest absolute Gasteiger partial charge is 0.243 e. The van der Waals surface area contributed by atoms with Crippen molar-refractivity contribution in [2.45, 2.75) is 20.8 Å². The summed E-state index contributed by atoms with van der Waals surface area (Å²) in [6.07, 6.45) is 0. The van der Waals surface area contributed by atoms with Crippen molar-refractivity contribution in [2.75, 3.05) is 30.4 Å². The fraction of sp³-hybridized carbons (Fsp3) is 0.316. The van der Waals surface area contributed by atoms with Gasteiger partial charge < -0.3 is 20.1 Å². The lowest BCUT2D eigenvalue weighted by molar-refractivity contribution is -0.114. The molecule has 0 heterocycles. The van der Waals surface area contributed by atoms with E-state index in [9.17, 15) is 4.79 Å². The Hall–Kier alpha value is -2.69. The molecule has 0 aliphatic carbocycles. The zero-order valence-electron chi connectivity index (χ0n) is 14.4. The monoisotopic (exact) mass is 328 g/mol. The van der Waals surface area contributed by atoms with Crippen LogP contribution in [0.5, 0.6) is 11.5 Å². The van der Waals surface area contributed by atoms with Crippen LogP contribution in [-0.4, -0.2) is 25.7 Å². The molecule has 1 amide bonds. The van der Waals surface area contributed by atoms with Gasteiger partial charge >= 0.3 is 0 Å². The third-order valence-electron chi connectivity index (χ3n) is 3.31. The van der Waals surface area contributed by atoms with Gasteiger partial charge in [0.2, 0.25) is 5.91 Å². The number of benzene rings is 2. The number of hydrogen-bond donors (Lipinski definition) is 2. The van der Waals surface area contributed by atoms with Gasteiger partial charge in [-0.25, -0.2) is 0 Å². The van der Waals surface area contributed by atoms with E-state index in [0.717, 1.165) is 11.3 Å². The minimum absolute atomic E-state index is 0.147. The molecule has 2 rings (SSSR count). The highest BCUT2D eigenvalue weighted by Gasteiger charge is 2.10. The van der Waals surface area contributed by atoms with E-state index in [0.29, 0.717) is 30.4 Å². The molecule has 0 radical (unpaired) electrons. The number of rotatable bonds is 8. The molecule has 0 atom stereocenters. The van der Waals surface area contributed by atoms with Gasteiger partial charge in [0.1, 0.15) is 11.5 Å². The number of amides is 1. The molecule has 0 fully saturated rings. The molecular formula is C19H24N2O3. The fourth-order valence-electron chi connectivity index (χ4n) is 2.28. The maximum Gasteiger partial charge on any atom is 0.243 e. The average molecular weight is 328 g/mol. The summed E-state index contributed by atoms with van der Waals surface area (Å²) in [5.41, 5.74) is 2.67. The van der Waals surface area contributed by atoms with Gasteiger partial charge in [0, 0.05) is 11.8 Å². The highest BCUT2D eigenvalue weighted by atomic mass is 16.5. The molecule has 0 saturated carbocycles. The Balaban J connectivity index is 2.02. The van der Waals surface area contributed by atoms with Crippen LogP contribution in [0.4, 0.5) is 11.4 Å². The van der Waals surface area contributed by atoms with Crippen LogP contribution in [0.15, 0.2) is 42.5 Å². The van der Waals surface area contributed by atoms with E-state index in [1.807, 2.05) is 51.1 Å². The molecule has 0 aliphatic rings. The molecule has 5 nitrogen and oxygen atoms in total. The lowest BCUT2D eigenvalue weighted by Gasteiger charge is -2.14. The summed E-state index contributed by atoms with van der Waals surface area (Å²) in [6.45, 7) is 7.10. The second kappa shape index (κ2) is 8.82. The molecule has 0 unspecified atom stereocenters. The summed E-state index contributed by atoms with van der Waals surface area (Å²) in [4.78, 5) is 12.2. The number of carbonyl (C=O) groups is 1. The van der Waals surface area contributed by atoms with E-state index < -0.39 is 0 Å². The zero-order chi connectivity index (χ0) is 17.4. The molecule has 0 saturated heterocycles. The van der Waals surface area contributed by atoms with Gasteiger partial charge in [0.25, 0.3) is 0 Å². The molecule has 2 aromatic rings. The standard InChI is InChI=1S/C19H24N2O3/c1-4-23-16-9-10-18(24-5-2)17(12-16)21-19(22)13-20-15-8-6-7-14(3)11-15/h6-12,20H,4-5,13H2,1-3H3,(H,21,22). The van der Waals surface area contributed by atoms with E-state index >= 15 is 0 Å². The Morgan fingerprint density at radius 2 is 1.83 bits per heavy atom. The maximum atomic E-state index is 12.2. The van der Waals surface area contributed by atoms with Crippen molar-refractivity contribution in [1.82, 2.24) is 0 Å². The van der Waals surface area contributed by atoms with Crippen molar-refractivity contribution in [3.05, 3.63) is 48.0 Å². The van der Waals surface area contributed by atoms with Crippen molar-refractivity contribution in [2.24, 2.45) is 0 Å². The molecular weight excluding hydrogens is 304 g/mol. The molecule has 0 spiro atoms. The van der Waals surface area contributed by atoms with Gasteiger partial charge in [-0.2, -0.15) is 0 Å². The van der Waals surface area contributed by atoms with Crippen molar-refractivity contribution in [3.8, 4) is 11.5 Å². The van der Waals surface area contributed by atoms with Gasteiger partial charge in [-0.1, -0.05) is 12.1 Å². The lowest BCUT2D eigenvalue weighted by Crippen LogP contribution is -2.22. The molecule has 2 aromatic carbocycles. The van der Waals surface area contributed by atoms with Crippen LogP contribution >= 0.6 is 0 Å². The summed E-state index contributed by atoms with van der Waals surface area (Å²) >= 11 is 0. The Bertz CT molecular complexity index is 686. The quantitative estimate of drug-likeness (QED) is 0.773. The SMILES string of the molecule is CCOc1ccc(OCC)c(NC(=O)CNc2cccc(C)c2)c1. The summed E-state index contributed by atoms with van der Waals surface area (Å²) < 4.78 is 11.0. The van der Waals surface area contributed by atoms with E-state index in [-0.39, 0.29) is 12.5 Å². The highest BCUT2D eigenvalue weighted by molar-refractivity contribution is 5.95. The first-order valence-electron chi connectivity index (χ1n) is 8.12. The second-order valence-electron chi connectivity index (χ2n) is 5.30. The lowest BCUT2D eigenvalue weighted by atomic mass is 10.2. The molecule has 5 heteroatoms. The summed E-state index contributed by atoms with van der Waals surface area (Å²) in [7, 11) is 0. The summed E-state index contributed by atoms with van der Waals surface area (Å²) in [5, 5.41) is 5.99. The van der Waals surface area contributed by atoms with Crippen LogP contribution in [0.3, 0.4) is 0 Å². The number of aryl methyl sites for hydroxylation is 1. The zero-order valence-corrected chi connectivity index (χ0v) is 14.4. The van der Waals surface area contributed by atoms with E-state index in [2.05, 4.69) is 10.6 Å². The van der Waals surface area contributed by atoms with Crippen molar-refractivity contribution in [3.63, 3.8) is 0 Å². The van der Waals surface area contributed by atoms with Crippen LogP contribution in [0.25, 0.3) is 0 Å². The summed E-state index contributed by atoms with van der Waals surface area (Å²) in [6, 6.07) is 13.3. The Morgan fingerprint density at radius 3 is 2.54 bits per heavy atom. The predicted octanol–water partition coefficient (Wildman–Crippen LogP) is 3.84. The molecule has 0 aromatic heterocycles. The van der Waals surface area contributed by atoms with Gasteiger partial charge in [-0.3, -0.25) is 4.79 Å². The molecule has 2 N–H and O–H groups in total. The van der Waals surface area contributed by atoms with Crippen LogP contribution in [0.2, 0.25) is 0 Å². The minimum Gasteiger partial charge on any atom is -0.494 e. The van der Waals surface area contributed by atoms with Crippen molar-refractivity contribution >= 4 is 17.3 Å². The van der Waals surface area contributed by atoms with E-state index in [4.69, 9.17) is 9.47 Å². The first-order valence-corrected chi connectivity index (χ1v) is 8.12. The largest absolute Gasteiger partial charge is 0.494 e. The topological polar surface area (TPSA) is 59.6 Å². The highest BCUT2D eigenvalue weighted by Crippen LogP contribution is 2.29. The van der Waals surface area contributed by atoms with Gasteiger partial charge in [-0.05, 0) is 50.6 Å². The Morgan fingerprint density at radius 1 is 1.04 bits per heavy atom. The number of carbonyl (C=O) groups excluding carboxylic acids is 1. The first kappa shape index (κ1) is 17.7. The molecule has 128 valence electrons. The Labute approximate surface area is 143 Å². The third-order valence-corrected chi connectivity index (χ3v) is 3.31. The van der Waals surface area contributed by atoms with Crippen LogP contribution < -0.4 is 20.1 Å². The normalized spacial score (nSPS) is 10.1. The fourth-order valence-corrected chi connectivity index (χ4v) is 2.28. The first-order chi connectivity index (χ1) is 11.6. The van der Waals surface area contributed by atoms with Gasteiger partial charge in [0.15, 0.2) is 0 Å². The van der Waals surface area contributed by atoms with E-state index in [1.54, 1.807) is 12.1 Å². The number of anilines is 2. The van der Waals surface area contributed by atoms with Crippen LogP contribution in [-0.2, 0) is 4.79 Å². The third kappa shape index (κ3) is 5.19. The van der Waals surface area contributed by atoms with Crippen LogP contribution in [0.1, 0.15) is 19.4 Å².